The molecule has 0 saturated carbocycles. The Balaban J connectivity index is 1.29. The number of aliphatic imine (C=N–C) groups is 1. The molecule has 3 aliphatic rings. The van der Waals surface area contributed by atoms with E-state index in [1.807, 2.05) is 6.07 Å². The van der Waals surface area contributed by atoms with Crippen molar-refractivity contribution in [2.24, 2.45) is 4.99 Å². The molecule has 0 bridgehead atoms. The zero-order chi connectivity index (χ0) is 20.6. The number of rotatable bonds is 3. The summed E-state index contributed by atoms with van der Waals surface area (Å²) >= 11 is 0. The lowest BCUT2D eigenvalue weighted by atomic mass is 9.91. The number of nitrogens with zero attached hydrogens (tertiary/aromatic N) is 2. The van der Waals surface area contributed by atoms with Crippen molar-refractivity contribution in [3.63, 3.8) is 0 Å². The third kappa shape index (κ3) is 3.10. The molecule has 0 aromatic heterocycles. The van der Waals surface area contributed by atoms with Crippen LogP contribution < -0.4 is 10.2 Å². The Morgan fingerprint density at radius 2 is 1.55 bits per heavy atom. The Kier molecular flexibility index (Phi) is 4.31. The predicted molar refractivity (Wildman–Crippen MR) is 129 cm³/mol. The number of amidine groups is 1. The summed E-state index contributed by atoms with van der Waals surface area (Å²) in [6.45, 7) is 0.689. The van der Waals surface area contributed by atoms with Crippen LogP contribution >= 0.6 is 0 Å². The average Bonchev–Trinajstić information content (AvgIpc) is 3.19. The number of para-hydroxylation sites is 1. The van der Waals surface area contributed by atoms with E-state index in [4.69, 9.17) is 4.99 Å². The lowest BCUT2D eigenvalue weighted by molar-refractivity contribution is 0.745. The molecule has 1 aliphatic carbocycles. The predicted octanol–water partition coefficient (Wildman–Crippen LogP) is 5.81. The van der Waals surface area contributed by atoms with Crippen molar-refractivity contribution in [2.45, 2.75) is 12.0 Å². The Morgan fingerprint density at radius 3 is 2.42 bits per heavy atom. The largest absolute Gasteiger partial charge is 0.340 e. The van der Waals surface area contributed by atoms with E-state index in [0.29, 0.717) is 18.5 Å². The SMILES string of the molecule is C1=CC2c3ccccc3N(c3ccc(C4=NCC=C(c5ccccc5)N4)cc3)C2C=C1. The number of hydrogen-bond acceptors (Lipinski definition) is 3. The van der Waals surface area contributed by atoms with Gasteiger partial charge in [0, 0.05) is 28.6 Å². The number of anilines is 2. The normalized spacial score (nSPS) is 21.1. The topological polar surface area (TPSA) is 27.6 Å². The molecule has 3 aromatic carbocycles. The Bertz CT molecular complexity index is 1230. The van der Waals surface area contributed by atoms with Gasteiger partial charge in [0.2, 0.25) is 0 Å². The number of nitrogens with one attached hydrogen (secondary N) is 1. The zero-order valence-corrected chi connectivity index (χ0v) is 17.1. The first-order valence-electron chi connectivity index (χ1n) is 10.8. The average molecular weight is 402 g/mol. The smallest absolute Gasteiger partial charge is 0.133 e. The molecule has 2 aliphatic heterocycles. The van der Waals surface area contributed by atoms with E-state index in [1.165, 1.54) is 22.5 Å². The van der Waals surface area contributed by atoms with Crippen molar-refractivity contribution in [2.75, 3.05) is 11.4 Å². The van der Waals surface area contributed by atoms with E-state index in [9.17, 15) is 0 Å². The molecule has 3 aromatic rings. The molecular formula is C28H23N3. The highest BCUT2D eigenvalue weighted by molar-refractivity contribution is 6.04. The molecule has 3 nitrogen and oxygen atoms in total. The van der Waals surface area contributed by atoms with Crippen LogP contribution in [0.15, 0.2) is 114 Å². The molecule has 0 saturated heterocycles. The fourth-order valence-corrected chi connectivity index (χ4v) is 4.79. The van der Waals surface area contributed by atoms with Crippen molar-refractivity contribution in [1.29, 1.82) is 0 Å². The minimum absolute atomic E-state index is 0.325. The summed E-state index contributed by atoms with van der Waals surface area (Å²) in [5.74, 6) is 1.33. The summed E-state index contributed by atoms with van der Waals surface area (Å²) < 4.78 is 0. The number of hydrogen-bond donors (Lipinski definition) is 1. The van der Waals surface area contributed by atoms with Crippen LogP contribution in [0, 0.1) is 0 Å². The molecule has 0 spiro atoms. The molecular weight excluding hydrogens is 378 g/mol. The maximum Gasteiger partial charge on any atom is 0.133 e. The van der Waals surface area contributed by atoms with Crippen LogP contribution in [0.3, 0.4) is 0 Å². The van der Waals surface area contributed by atoms with Gasteiger partial charge >= 0.3 is 0 Å². The van der Waals surface area contributed by atoms with Gasteiger partial charge in [-0.05, 0) is 47.5 Å². The number of benzene rings is 3. The van der Waals surface area contributed by atoms with E-state index in [-0.39, 0.29) is 0 Å². The molecule has 2 heterocycles. The summed E-state index contributed by atoms with van der Waals surface area (Å²) in [4.78, 5) is 7.15. The summed E-state index contributed by atoms with van der Waals surface area (Å²) in [5.41, 5.74) is 7.30. The van der Waals surface area contributed by atoms with Gasteiger partial charge in [0.05, 0.1) is 12.6 Å². The van der Waals surface area contributed by atoms with Gasteiger partial charge in [-0.2, -0.15) is 0 Å². The molecule has 3 heteroatoms. The lowest BCUT2D eigenvalue weighted by Crippen LogP contribution is -2.29. The second kappa shape index (κ2) is 7.44. The minimum atomic E-state index is 0.325. The van der Waals surface area contributed by atoms with Crippen molar-refractivity contribution in [3.05, 3.63) is 126 Å². The van der Waals surface area contributed by atoms with Crippen LogP contribution in [0.4, 0.5) is 11.4 Å². The first kappa shape index (κ1) is 18.0. The maximum atomic E-state index is 4.70. The summed E-state index contributed by atoms with van der Waals surface area (Å²) in [6, 6.07) is 28.3. The van der Waals surface area contributed by atoms with Crippen molar-refractivity contribution in [1.82, 2.24) is 5.32 Å². The second-order valence-corrected chi connectivity index (χ2v) is 8.06. The van der Waals surface area contributed by atoms with Crippen molar-refractivity contribution in [3.8, 4) is 0 Å². The van der Waals surface area contributed by atoms with Crippen LogP contribution in [-0.2, 0) is 0 Å². The Labute approximate surface area is 182 Å². The zero-order valence-electron chi connectivity index (χ0n) is 17.1. The second-order valence-electron chi connectivity index (χ2n) is 8.06. The van der Waals surface area contributed by atoms with Crippen LogP contribution in [-0.4, -0.2) is 18.4 Å². The molecule has 150 valence electrons. The van der Waals surface area contributed by atoms with Gasteiger partial charge in [-0.25, -0.2) is 0 Å². The Morgan fingerprint density at radius 1 is 0.774 bits per heavy atom. The van der Waals surface area contributed by atoms with Crippen LogP contribution in [0.1, 0.15) is 22.6 Å². The third-order valence-corrected chi connectivity index (χ3v) is 6.26. The van der Waals surface area contributed by atoms with Crippen molar-refractivity contribution < 1.29 is 0 Å². The summed E-state index contributed by atoms with van der Waals surface area (Å²) in [7, 11) is 0. The third-order valence-electron chi connectivity index (χ3n) is 6.26. The van der Waals surface area contributed by atoms with Gasteiger partial charge in [0.1, 0.15) is 5.84 Å². The van der Waals surface area contributed by atoms with E-state index >= 15 is 0 Å². The monoisotopic (exact) mass is 401 g/mol. The molecule has 1 N–H and O–H groups in total. The fourth-order valence-electron chi connectivity index (χ4n) is 4.79. The highest BCUT2D eigenvalue weighted by Gasteiger charge is 2.36. The van der Waals surface area contributed by atoms with E-state index in [1.54, 1.807) is 0 Å². The molecule has 6 rings (SSSR count). The first-order chi connectivity index (χ1) is 15.4. The van der Waals surface area contributed by atoms with Gasteiger partial charge in [-0.1, -0.05) is 72.8 Å². The minimum Gasteiger partial charge on any atom is -0.340 e. The highest BCUT2D eigenvalue weighted by Crippen LogP contribution is 2.47. The van der Waals surface area contributed by atoms with Crippen LogP contribution in [0.25, 0.3) is 5.70 Å². The van der Waals surface area contributed by atoms with E-state index < -0.39 is 0 Å². The molecule has 31 heavy (non-hydrogen) atoms. The number of fused-ring (bicyclic) bond motifs is 3. The Hall–Kier alpha value is -3.85. The lowest BCUT2D eigenvalue weighted by Gasteiger charge is -2.29. The van der Waals surface area contributed by atoms with Gasteiger partial charge < -0.3 is 10.2 Å². The molecule has 0 fully saturated rings. The van der Waals surface area contributed by atoms with Crippen molar-refractivity contribution >= 4 is 22.9 Å². The molecule has 2 atom stereocenters. The quantitative estimate of drug-likeness (QED) is 0.600. The van der Waals surface area contributed by atoms with Crippen LogP contribution in [0.2, 0.25) is 0 Å². The molecule has 0 amide bonds. The van der Waals surface area contributed by atoms with Gasteiger partial charge in [0.25, 0.3) is 0 Å². The van der Waals surface area contributed by atoms with E-state index in [2.05, 4.69) is 113 Å². The summed E-state index contributed by atoms with van der Waals surface area (Å²) in [5, 5.41) is 3.51. The molecule has 0 radical (unpaired) electrons. The summed E-state index contributed by atoms with van der Waals surface area (Å²) in [6.07, 6.45) is 11.1. The fraction of sp³-hybridized carbons (Fsp3) is 0.107. The van der Waals surface area contributed by atoms with E-state index in [0.717, 1.165) is 17.1 Å². The first-order valence-corrected chi connectivity index (χ1v) is 10.8. The molecule has 2 unspecified atom stereocenters. The number of allylic oxidation sites excluding steroid dienone is 2. The van der Waals surface area contributed by atoms with Crippen LogP contribution in [0.5, 0.6) is 0 Å². The maximum absolute atomic E-state index is 4.70. The standard InChI is InChI=1S/C28H23N3/c1-2-8-20(9-3-1)25-18-19-29-28(30-25)21-14-16-22(17-15-21)31-26-12-6-4-10-23(26)24-11-5-7-13-27(24)31/h1-18,23,26H,19H2,(H,29,30). The highest BCUT2D eigenvalue weighted by atomic mass is 15.2. The van der Waals surface area contributed by atoms with Gasteiger partial charge in [-0.15, -0.1) is 0 Å². The van der Waals surface area contributed by atoms with Gasteiger partial charge in [0.15, 0.2) is 0 Å². The van der Waals surface area contributed by atoms with Gasteiger partial charge in [-0.3, -0.25) is 4.99 Å².